The molecule has 2 aromatic heterocycles. The summed E-state index contributed by atoms with van der Waals surface area (Å²) in [6, 6.07) is 10.1. The number of aromatic nitrogens is 2. The van der Waals surface area contributed by atoms with E-state index in [1.807, 2.05) is 18.2 Å². The lowest BCUT2D eigenvalue weighted by molar-refractivity contribution is 0.0935. The lowest BCUT2D eigenvalue weighted by atomic mass is 10.0. The predicted octanol–water partition coefficient (Wildman–Crippen LogP) is 2.64. The Morgan fingerprint density at radius 1 is 1.26 bits per heavy atom. The maximum absolute atomic E-state index is 12.9. The van der Waals surface area contributed by atoms with Crippen LogP contribution in [0.5, 0.6) is 0 Å². The van der Waals surface area contributed by atoms with Crippen LogP contribution in [-0.2, 0) is 0 Å². The number of carbonyl (C=O) groups excluding carboxylic acids is 1. The highest BCUT2D eigenvalue weighted by Crippen LogP contribution is 2.22. The van der Waals surface area contributed by atoms with E-state index in [2.05, 4.69) is 46.2 Å². The second-order valence-electron chi connectivity index (χ2n) is 6.30. The quantitative estimate of drug-likeness (QED) is 0.669. The molecule has 0 aliphatic carbocycles. The number of hydrogen-bond acceptors (Lipinski definition) is 5. The number of likely N-dealkylation sites (N-methyl/N-ethyl adjacent to an activating group) is 1. The molecular formula is C20H24N4O3. The van der Waals surface area contributed by atoms with Gasteiger partial charge in [0, 0.05) is 6.54 Å². The molecule has 0 aliphatic rings. The van der Waals surface area contributed by atoms with Crippen LogP contribution in [0.25, 0.3) is 11.1 Å². The van der Waals surface area contributed by atoms with E-state index in [0.717, 1.165) is 18.7 Å². The third kappa shape index (κ3) is 3.78. The van der Waals surface area contributed by atoms with E-state index in [4.69, 9.17) is 4.42 Å². The topological polar surface area (TPSA) is 91.2 Å². The van der Waals surface area contributed by atoms with Crippen LogP contribution in [0.2, 0.25) is 0 Å². The van der Waals surface area contributed by atoms with Crippen molar-refractivity contribution in [1.82, 2.24) is 20.2 Å². The van der Waals surface area contributed by atoms with E-state index < -0.39 is 0 Å². The normalized spacial score (nSPS) is 12.4. The van der Waals surface area contributed by atoms with Crippen molar-refractivity contribution < 1.29 is 9.21 Å². The van der Waals surface area contributed by atoms with Crippen molar-refractivity contribution in [1.29, 1.82) is 0 Å². The van der Waals surface area contributed by atoms with Crippen LogP contribution >= 0.6 is 0 Å². The molecule has 0 aliphatic heterocycles. The molecule has 3 rings (SSSR count). The SMILES string of the molecule is CCN(CC)C(CNC(=O)c1c(C)oc2nc[nH]c(=O)c12)c1ccccc1. The first kappa shape index (κ1) is 18.8. The van der Waals surface area contributed by atoms with Crippen molar-refractivity contribution in [2.45, 2.75) is 26.8 Å². The van der Waals surface area contributed by atoms with Crippen molar-refractivity contribution in [3.63, 3.8) is 0 Å². The number of nitrogens with one attached hydrogen (secondary N) is 2. The second-order valence-corrected chi connectivity index (χ2v) is 6.30. The lowest BCUT2D eigenvalue weighted by Crippen LogP contribution is -2.38. The summed E-state index contributed by atoms with van der Waals surface area (Å²) in [5.74, 6) is 0.0450. The van der Waals surface area contributed by atoms with E-state index in [-0.39, 0.29) is 34.2 Å². The Morgan fingerprint density at radius 2 is 1.96 bits per heavy atom. The number of benzene rings is 1. The highest BCUT2D eigenvalue weighted by Gasteiger charge is 2.24. The average Bonchev–Trinajstić information content (AvgIpc) is 3.03. The van der Waals surface area contributed by atoms with Gasteiger partial charge in [-0.05, 0) is 25.6 Å². The van der Waals surface area contributed by atoms with E-state index >= 15 is 0 Å². The molecule has 0 fully saturated rings. The molecule has 27 heavy (non-hydrogen) atoms. The van der Waals surface area contributed by atoms with Crippen LogP contribution < -0.4 is 10.9 Å². The summed E-state index contributed by atoms with van der Waals surface area (Å²) in [5, 5.41) is 3.16. The Morgan fingerprint density at radius 3 is 2.63 bits per heavy atom. The number of amides is 1. The van der Waals surface area contributed by atoms with E-state index in [0.29, 0.717) is 12.3 Å². The van der Waals surface area contributed by atoms with Crippen molar-refractivity contribution in [3.8, 4) is 0 Å². The summed E-state index contributed by atoms with van der Waals surface area (Å²) in [6.45, 7) is 8.01. The van der Waals surface area contributed by atoms with Crippen LogP contribution in [0.4, 0.5) is 0 Å². The molecule has 142 valence electrons. The molecule has 3 aromatic rings. The Kier molecular flexibility index (Phi) is 5.71. The molecule has 1 unspecified atom stereocenters. The average molecular weight is 368 g/mol. The lowest BCUT2D eigenvalue weighted by Gasteiger charge is -2.30. The number of nitrogens with zero attached hydrogens (tertiary/aromatic N) is 2. The Bertz CT molecular complexity index is 974. The standard InChI is InChI=1S/C20H24N4O3/c1-4-24(5-2)15(14-9-7-6-8-10-14)11-21-18(25)16-13(3)27-20-17(16)19(26)22-12-23-20/h6-10,12,15H,4-5,11H2,1-3H3,(H,21,25)(H,22,23,26). The number of furan rings is 1. The summed E-state index contributed by atoms with van der Waals surface area (Å²) >= 11 is 0. The first-order valence-electron chi connectivity index (χ1n) is 9.10. The Labute approximate surface area is 157 Å². The van der Waals surface area contributed by atoms with Gasteiger partial charge in [-0.3, -0.25) is 14.5 Å². The van der Waals surface area contributed by atoms with Gasteiger partial charge in [0.1, 0.15) is 11.1 Å². The zero-order valence-corrected chi connectivity index (χ0v) is 15.8. The van der Waals surface area contributed by atoms with Gasteiger partial charge in [0.15, 0.2) is 0 Å². The molecular weight excluding hydrogens is 344 g/mol. The molecule has 0 bridgehead atoms. The van der Waals surface area contributed by atoms with E-state index in [1.165, 1.54) is 6.33 Å². The van der Waals surface area contributed by atoms with Gasteiger partial charge in [-0.1, -0.05) is 44.2 Å². The van der Waals surface area contributed by atoms with Gasteiger partial charge in [0.05, 0.1) is 17.9 Å². The highest BCUT2D eigenvalue weighted by atomic mass is 16.3. The third-order valence-corrected chi connectivity index (χ3v) is 4.79. The molecule has 7 nitrogen and oxygen atoms in total. The fourth-order valence-corrected chi connectivity index (χ4v) is 3.40. The number of aromatic amines is 1. The van der Waals surface area contributed by atoms with Crippen molar-refractivity contribution in [2.75, 3.05) is 19.6 Å². The first-order valence-corrected chi connectivity index (χ1v) is 9.10. The monoisotopic (exact) mass is 368 g/mol. The minimum atomic E-state index is -0.384. The molecule has 7 heteroatoms. The first-order chi connectivity index (χ1) is 13.1. The zero-order valence-electron chi connectivity index (χ0n) is 15.8. The smallest absolute Gasteiger partial charge is 0.262 e. The fourth-order valence-electron chi connectivity index (χ4n) is 3.40. The van der Waals surface area contributed by atoms with Crippen LogP contribution in [0.1, 0.15) is 41.6 Å². The molecule has 2 heterocycles. The summed E-state index contributed by atoms with van der Waals surface area (Å²) in [6.07, 6.45) is 1.26. The number of rotatable bonds is 7. The van der Waals surface area contributed by atoms with Crippen LogP contribution in [-0.4, -0.2) is 40.4 Å². The van der Waals surface area contributed by atoms with Gasteiger partial charge < -0.3 is 14.7 Å². The van der Waals surface area contributed by atoms with Crippen LogP contribution in [0, 0.1) is 6.92 Å². The predicted molar refractivity (Wildman–Crippen MR) is 104 cm³/mol. The van der Waals surface area contributed by atoms with E-state index in [1.54, 1.807) is 6.92 Å². The summed E-state index contributed by atoms with van der Waals surface area (Å²) < 4.78 is 5.48. The number of hydrogen-bond donors (Lipinski definition) is 2. The maximum atomic E-state index is 12.9. The van der Waals surface area contributed by atoms with Gasteiger partial charge >= 0.3 is 0 Å². The molecule has 1 amide bonds. The Hall–Kier alpha value is -2.93. The minimum absolute atomic E-state index is 0.0417. The second kappa shape index (κ2) is 8.18. The molecule has 0 saturated carbocycles. The molecule has 0 radical (unpaired) electrons. The molecule has 0 spiro atoms. The van der Waals surface area contributed by atoms with Gasteiger partial charge in [0.25, 0.3) is 11.5 Å². The maximum Gasteiger partial charge on any atom is 0.262 e. The van der Waals surface area contributed by atoms with Gasteiger partial charge in [-0.2, -0.15) is 0 Å². The Balaban J connectivity index is 1.87. The highest BCUT2D eigenvalue weighted by molar-refractivity contribution is 6.06. The minimum Gasteiger partial charge on any atom is -0.442 e. The molecule has 2 N–H and O–H groups in total. The molecule has 1 aromatic carbocycles. The van der Waals surface area contributed by atoms with Gasteiger partial charge in [-0.15, -0.1) is 0 Å². The molecule has 0 saturated heterocycles. The summed E-state index contributed by atoms with van der Waals surface area (Å²) in [4.78, 5) is 33.8. The largest absolute Gasteiger partial charge is 0.442 e. The molecule has 1 atom stereocenters. The zero-order chi connectivity index (χ0) is 19.4. The van der Waals surface area contributed by atoms with Crippen LogP contribution in [0.15, 0.2) is 45.9 Å². The van der Waals surface area contributed by atoms with Crippen molar-refractivity contribution >= 4 is 17.0 Å². The van der Waals surface area contributed by atoms with Crippen LogP contribution in [0.3, 0.4) is 0 Å². The summed E-state index contributed by atoms with van der Waals surface area (Å²) in [7, 11) is 0. The number of aryl methyl sites for hydroxylation is 1. The van der Waals surface area contributed by atoms with Gasteiger partial charge in [-0.25, -0.2) is 4.98 Å². The number of fused-ring (bicyclic) bond motifs is 1. The number of H-pyrrole nitrogens is 1. The van der Waals surface area contributed by atoms with Gasteiger partial charge in [0.2, 0.25) is 5.71 Å². The van der Waals surface area contributed by atoms with Crippen molar-refractivity contribution in [3.05, 3.63) is 63.9 Å². The fraction of sp³-hybridized carbons (Fsp3) is 0.350. The summed E-state index contributed by atoms with van der Waals surface area (Å²) in [5.41, 5.74) is 1.16. The van der Waals surface area contributed by atoms with Crippen molar-refractivity contribution in [2.24, 2.45) is 0 Å². The number of carbonyl (C=O) groups is 1. The third-order valence-electron chi connectivity index (χ3n) is 4.79. The van der Waals surface area contributed by atoms with E-state index in [9.17, 15) is 9.59 Å².